The van der Waals surface area contributed by atoms with E-state index in [2.05, 4.69) is 134 Å². The molecule has 0 radical (unpaired) electrons. The molecule has 1 atom stereocenters. The Balaban J connectivity index is 0. The average Bonchev–Trinajstić information content (AvgIpc) is 2.91. The molecule has 0 bridgehead atoms. The molecule has 0 heterocycles. The summed E-state index contributed by atoms with van der Waals surface area (Å²) in [7, 11) is 0. The number of rotatable bonds is 16. The van der Waals surface area contributed by atoms with E-state index >= 15 is 0 Å². The molecule has 0 spiro atoms. The fraction of sp³-hybridized carbons (Fsp3) is 0.683. The van der Waals surface area contributed by atoms with Crippen LogP contribution in [0.5, 0.6) is 0 Å². The van der Waals surface area contributed by atoms with Gasteiger partial charge >= 0.3 is 0 Å². The van der Waals surface area contributed by atoms with Crippen molar-refractivity contribution < 1.29 is 5.11 Å². The van der Waals surface area contributed by atoms with Crippen molar-refractivity contribution in [3.63, 3.8) is 0 Å². The fourth-order valence-corrected chi connectivity index (χ4v) is 4.53. The summed E-state index contributed by atoms with van der Waals surface area (Å²) in [5, 5.41) is 20.4. The zero-order valence-corrected chi connectivity index (χ0v) is 31.1. The average molecular weight is 594 g/mol. The molecule has 43 heavy (non-hydrogen) atoms. The zero-order chi connectivity index (χ0) is 33.8. The van der Waals surface area contributed by atoms with Crippen LogP contribution >= 0.6 is 0 Å². The first kappa shape index (κ1) is 42.9. The normalized spacial score (nSPS) is 15.0. The molecular weight excluding hydrogens is 522 g/mol. The second-order valence-electron chi connectivity index (χ2n) is 15.0. The molecule has 0 aliphatic heterocycles. The monoisotopic (exact) mass is 594 g/mol. The third kappa shape index (κ3) is 20.3. The summed E-state index contributed by atoms with van der Waals surface area (Å²) in [4.78, 5) is 0. The molecule has 246 valence electrons. The Morgan fingerprint density at radius 3 is 1.95 bits per heavy atom. The maximum atomic E-state index is 11.6. The molecule has 2 nitrogen and oxygen atoms in total. The van der Waals surface area contributed by atoms with Gasteiger partial charge in [0, 0.05) is 6.42 Å². The topological polar surface area (TPSA) is 44.0 Å². The van der Waals surface area contributed by atoms with Gasteiger partial charge in [0.05, 0.1) is 6.07 Å². The zero-order valence-electron chi connectivity index (χ0n) is 31.1. The Morgan fingerprint density at radius 1 is 0.930 bits per heavy atom. The lowest BCUT2D eigenvalue weighted by Crippen LogP contribution is -2.17. The Kier molecular flexibility index (Phi) is 22.2. The molecule has 0 aliphatic carbocycles. The van der Waals surface area contributed by atoms with Crippen molar-refractivity contribution in [1.82, 2.24) is 0 Å². The first-order valence-electron chi connectivity index (χ1n) is 17.0. The number of aliphatic hydroxyl groups excluding tert-OH is 1. The number of nitrogens with zero attached hydrogens (tertiary/aromatic N) is 1. The van der Waals surface area contributed by atoms with Gasteiger partial charge in [0.1, 0.15) is 5.76 Å². The van der Waals surface area contributed by atoms with Crippen LogP contribution in [0.25, 0.3) is 0 Å². The fourth-order valence-electron chi connectivity index (χ4n) is 4.53. The lowest BCUT2D eigenvalue weighted by molar-refractivity contribution is 0.348. The first-order chi connectivity index (χ1) is 19.9. The molecule has 0 aromatic heterocycles. The molecule has 2 heteroatoms. The first-order valence-corrected chi connectivity index (χ1v) is 17.0. The third-order valence-corrected chi connectivity index (χ3v) is 8.15. The van der Waals surface area contributed by atoms with Gasteiger partial charge in [-0.05, 0) is 106 Å². The van der Waals surface area contributed by atoms with Crippen LogP contribution in [0, 0.1) is 34.0 Å². The van der Waals surface area contributed by atoms with Gasteiger partial charge in [-0.2, -0.15) is 5.26 Å². The Labute approximate surface area is 269 Å². The van der Waals surface area contributed by atoms with E-state index in [0.29, 0.717) is 18.1 Å². The third-order valence-electron chi connectivity index (χ3n) is 8.15. The van der Waals surface area contributed by atoms with Crippen molar-refractivity contribution in [2.75, 3.05) is 0 Å². The van der Waals surface area contributed by atoms with Crippen LogP contribution in [0.3, 0.4) is 0 Å². The molecule has 0 aromatic carbocycles. The highest BCUT2D eigenvalue weighted by atomic mass is 16.3. The molecule has 0 amide bonds. The van der Waals surface area contributed by atoms with E-state index in [-0.39, 0.29) is 16.7 Å². The molecule has 0 aromatic rings. The standard InChI is InChI=1S/C37H61NO.C4H10/c1-14-28(4)25-32(26-36(8,9)10)30(6)21-23-33(27(2)3)34(35(39)31(7)37(11,12)13)22-20-29(5)19-17-15-16-18-24-38;1-3-4-2/h14,21-22,25,27,33,39H,5,15-20,23,26H2,1-4,6-13H3;3-4H2,1-2H3/b28-14-,30-21+,32-25-,34-22?,35-31-;. The number of nitriles is 1. The second-order valence-corrected chi connectivity index (χ2v) is 15.0. The van der Waals surface area contributed by atoms with E-state index < -0.39 is 0 Å². The highest BCUT2D eigenvalue weighted by Crippen LogP contribution is 2.37. The highest BCUT2D eigenvalue weighted by Gasteiger charge is 2.26. The van der Waals surface area contributed by atoms with Gasteiger partial charge in [0.2, 0.25) is 0 Å². The molecule has 1 N–H and O–H groups in total. The predicted octanol–water partition coefficient (Wildman–Crippen LogP) is 14.0. The van der Waals surface area contributed by atoms with Crippen LogP contribution in [0.1, 0.15) is 161 Å². The van der Waals surface area contributed by atoms with E-state index in [4.69, 9.17) is 5.26 Å². The van der Waals surface area contributed by atoms with Gasteiger partial charge < -0.3 is 5.11 Å². The predicted molar refractivity (Wildman–Crippen MR) is 194 cm³/mol. The molecule has 0 aliphatic rings. The minimum atomic E-state index is -0.110. The van der Waals surface area contributed by atoms with E-state index in [9.17, 15) is 5.11 Å². The van der Waals surface area contributed by atoms with Crippen LogP contribution in [-0.2, 0) is 0 Å². The summed E-state index contributed by atoms with van der Waals surface area (Å²) in [6.07, 6.45) is 19.1. The molecule has 0 fully saturated rings. The largest absolute Gasteiger partial charge is 0.508 e. The molecule has 0 saturated heterocycles. The Hall–Kier alpha value is -2.27. The SMILES string of the molecule is C=C(CC=C(/C(O)=C(\C)C(C)(C)C)C(C/C=C(C)/C(=C\C(C)=C/C)CC(C)(C)C)C(C)C)CCCCCC#N.CCCC. The Bertz CT molecular complexity index is 1000. The van der Waals surface area contributed by atoms with Crippen molar-refractivity contribution >= 4 is 0 Å². The molecule has 0 rings (SSSR count). The lowest BCUT2D eigenvalue weighted by Gasteiger charge is -2.28. The maximum Gasteiger partial charge on any atom is 0.118 e. The van der Waals surface area contributed by atoms with Crippen molar-refractivity contribution in [3.05, 3.63) is 70.1 Å². The maximum absolute atomic E-state index is 11.6. The number of unbranched alkanes of at least 4 members (excludes halogenated alkanes) is 4. The van der Waals surface area contributed by atoms with Gasteiger partial charge in [0.15, 0.2) is 0 Å². The molecular formula is C41H71NO. The van der Waals surface area contributed by atoms with Crippen LogP contribution in [0.2, 0.25) is 0 Å². The smallest absolute Gasteiger partial charge is 0.118 e. The summed E-state index contributed by atoms with van der Waals surface area (Å²) in [5.74, 6) is 1.03. The van der Waals surface area contributed by atoms with E-state index in [1.54, 1.807) is 0 Å². The van der Waals surface area contributed by atoms with E-state index in [0.717, 1.165) is 56.1 Å². The van der Waals surface area contributed by atoms with Crippen molar-refractivity contribution in [1.29, 1.82) is 5.26 Å². The van der Waals surface area contributed by atoms with Gasteiger partial charge in [-0.3, -0.25) is 0 Å². The van der Waals surface area contributed by atoms with E-state index in [1.165, 1.54) is 35.1 Å². The van der Waals surface area contributed by atoms with E-state index in [1.807, 2.05) is 0 Å². The van der Waals surface area contributed by atoms with Gasteiger partial charge in [-0.1, -0.05) is 136 Å². The van der Waals surface area contributed by atoms with Gasteiger partial charge in [-0.15, -0.1) is 0 Å². The van der Waals surface area contributed by atoms with Crippen LogP contribution < -0.4 is 0 Å². The molecule has 1 unspecified atom stereocenters. The van der Waals surface area contributed by atoms with Crippen LogP contribution in [0.4, 0.5) is 0 Å². The number of allylic oxidation sites excluding steroid dienone is 10. The van der Waals surface area contributed by atoms with Gasteiger partial charge in [0.25, 0.3) is 0 Å². The Morgan fingerprint density at radius 2 is 1.51 bits per heavy atom. The number of hydrogen-bond donors (Lipinski definition) is 1. The van der Waals surface area contributed by atoms with Crippen LogP contribution in [0.15, 0.2) is 70.1 Å². The minimum absolute atomic E-state index is 0.110. The second kappa shape index (κ2) is 22.3. The summed E-state index contributed by atoms with van der Waals surface area (Å²) < 4.78 is 0. The summed E-state index contributed by atoms with van der Waals surface area (Å²) in [6.45, 7) is 35.2. The van der Waals surface area contributed by atoms with Crippen LogP contribution in [-0.4, -0.2) is 5.11 Å². The van der Waals surface area contributed by atoms with Gasteiger partial charge in [-0.25, -0.2) is 0 Å². The summed E-state index contributed by atoms with van der Waals surface area (Å²) in [6, 6.07) is 2.23. The minimum Gasteiger partial charge on any atom is -0.508 e. The summed E-state index contributed by atoms with van der Waals surface area (Å²) in [5.41, 5.74) is 7.37. The van der Waals surface area contributed by atoms with Crippen molar-refractivity contribution in [3.8, 4) is 6.07 Å². The quantitative estimate of drug-likeness (QED) is 0.0837. The summed E-state index contributed by atoms with van der Waals surface area (Å²) >= 11 is 0. The highest BCUT2D eigenvalue weighted by molar-refractivity contribution is 5.38. The van der Waals surface area contributed by atoms with Crippen molar-refractivity contribution in [2.45, 2.75) is 161 Å². The number of hydrogen-bond acceptors (Lipinski definition) is 2. The number of aliphatic hydroxyl groups is 1. The molecule has 0 saturated carbocycles. The lowest BCUT2D eigenvalue weighted by atomic mass is 9.78. The van der Waals surface area contributed by atoms with Crippen molar-refractivity contribution in [2.24, 2.45) is 22.7 Å².